The van der Waals surface area contributed by atoms with Crippen LogP contribution in [0, 0.1) is 22.2 Å². The van der Waals surface area contributed by atoms with Gasteiger partial charge in [0.15, 0.2) is 5.69 Å². The molecule has 0 aromatic carbocycles. The lowest BCUT2D eigenvalue weighted by Crippen LogP contribution is -2.72. The molecule has 0 amide bonds. The first-order valence-corrected chi connectivity index (χ1v) is 6.57. The Kier molecular flexibility index (Phi) is 6.35. The molecule has 0 atom stereocenters. The molecule has 1 fully saturated rings. The fraction of sp³-hybridized carbons (Fsp3) is 0.571. The number of pyridine rings is 1. The number of hydrogen-bond donors (Lipinski definition) is 1. The Bertz CT molecular complexity index is 539. The number of nitrogens with zero attached hydrogens (tertiary/aromatic N) is 2. The second-order valence-electron chi connectivity index (χ2n) is 6.23. The smallest absolute Gasteiger partial charge is 0.159 e. The largest absolute Gasteiger partial charge is 0.488 e. The third kappa shape index (κ3) is 3.22. The first kappa shape index (κ1) is 20.3. The van der Waals surface area contributed by atoms with E-state index in [0.717, 1.165) is 0 Å². The highest BCUT2D eigenvalue weighted by molar-refractivity contribution is 6.31. The van der Waals surface area contributed by atoms with E-state index in [0.29, 0.717) is 10.8 Å². The average molecular weight is 353 g/mol. The maximum absolute atomic E-state index is 8.80. The zero-order valence-corrected chi connectivity index (χ0v) is 14.8. The molecule has 0 bridgehead atoms. The predicted molar refractivity (Wildman–Crippen MR) is 88.4 cm³/mol. The number of halogens is 3. The Morgan fingerprint density at radius 1 is 1.29 bits per heavy atom. The summed E-state index contributed by atoms with van der Waals surface area (Å²) in [5.74, 6) is 0.571. The van der Waals surface area contributed by atoms with Crippen LogP contribution in [0.4, 0.5) is 0 Å². The number of ether oxygens (including phenoxy) is 1. The molecule has 2 rings (SSSR count). The molecule has 1 heterocycles. The maximum atomic E-state index is 8.80. The normalized spacial score (nSPS) is 24.6. The average Bonchev–Trinajstić information content (AvgIpc) is 2.34. The van der Waals surface area contributed by atoms with Crippen LogP contribution in [0.25, 0.3) is 0 Å². The molecule has 2 N–H and O–H groups in total. The van der Waals surface area contributed by atoms with E-state index in [9.17, 15) is 0 Å². The summed E-state index contributed by atoms with van der Waals surface area (Å²) in [4.78, 5) is 3.97. The molecule has 0 spiro atoms. The molecule has 0 aliphatic heterocycles. The van der Waals surface area contributed by atoms with E-state index in [1.165, 1.54) is 6.20 Å². The van der Waals surface area contributed by atoms with Crippen molar-refractivity contribution in [2.45, 2.75) is 39.8 Å². The van der Waals surface area contributed by atoms with Gasteiger partial charge in [0.25, 0.3) is 0 Å². The van der Waals surface area contributed by atoms with Crippen molar-refractivity contribution in [1.29, 1.82) is 5.26 Å². The van der Waals surface area contributed by atoms with Crippen LogP contribution in [0.5, 0.6) is 5.75 Å². The van der Waals surface area contributed by atoms with Gasteiger partial charge in [-0.15, -0.1) is 24.8 Å². The van der Waals surface area contributed by atoms with Crippen molar-refractivity contribution in [2.24, 2.45) is 16.6 Å². The van der Waals surface area contributed by atoms with E-state index in [-0.39, 0.29) is 53.5 Å². The Labute approximate surface area is 142 Å². The van der Waals surface area contributed by atoms with E-state index in [2.05, 4.69) is 32.7 Å². The van der Waals surface area contributed by atoms with Gasteiger partial charge in [-0.25, -0.2) is 4.98 Å². The van der Waals surface area contributed by atoms with Gasteiger partial charge in [0.05, 0.1) is 11.2 Å². The Balaban J connectivity index is 0.00000200. The van der Waals surface area contributed by atoms with Crippen molar-refractivity contribution in [2.75, 3.05) is 0 Å². The van der Waals surface area contributed by atoms with Crippen molar-refractivity contribution < 1.29 is 4.74 Å². The quantitative estimate of drug-likeness (QED) is 0.883. The third-order valence-electron chi connectivity index (χ3n) is 4.13. The van der Waals surface area contributed by atoms with Gasteiger partial charge in [-0.05, 0) is 0 Å². The van der Waals surface area contributed by atoms with Gasteiger partial charge in [0.2, 0.25) is 0 Å². The summed E-state index contributed by atoms with van der Waals surface area (Å²) in [5, 5.41) is 9.10. The molecule has 7 heteroatoms. The van der Waals surface area contributed by atoms with Gasteiger partial charge in [0, 0.05) is 22.9 Å². The van der Waals surface area contributed by atoms with E-state index in [1.807, 2.05) is 6.07 Å². The molecule has 1 aliphatic carbocycles. The summed E-state index contributed by atoms with van der Waals surface area (Å²) >= 11 is 5.96. The second kappa shape index (κ2) is 6.58. The zero-order valence-electron chi connectivity index (χ0n) is 12.4. The van der Waals surface area contributed by atoms with Crippen molar-refractivity contribution in [3.63, 3.8) is 0 Å². The van der Waals surface area contributed by atoms with Crippen LogP contribution < -0.4 is 10.5 Å². The topological polar surface area (TPSA) is 71.9 Å². The maximum Gasteiger partial charge on any atom is 0.159 e. The van der Waals surface area contributed by atoms with E-state index in [1.54, 1.807) is 6.07 Å². The molecular formula is C14H20Cl3N3O. The third-order valence-corrected chi connectivity index (χ3v) is 4.42. The lowest BCUT2D eigenvalue weighted by molar-refractivity contribution is -0.155. The Morgan fingerprint density at radius 2 is 1.81 bits per heavy atom. The Morgan fingerprint density at radius 3 is 2.24 bits per heavy atom. The summed E-state index contributed by atoms with van der Waals surface area (Å²) < 4.78 is 6.00. The summed E-state index contributed by atoms with van der Waals surface area (Å²) in [6, 6.07) is 3.63. The molecule has 1 saturated carbocycles. The van der Waals surface area contributed by atoms with E-state index < -0.39 is 0 Å². The minimum absolute atomic E-state index is 0. The highest BCUT2D eigenvalue weighted by Gasteiger charge is 2.61. The van der Waals surface area contributed by atoms with Crippen molar-refractivity contribution >= 4 is 36.4 Å². The monoisotopic (exact) mass is 351 g/mol. The van der Waals surface area contributed by atoms with Crippen LogP contribution in [0.1, 0.15) is 33.4 Å². The lowest BCUT2D eigenvalue weighted by Gasteiger charge is -2.61. The number of hydrogen-bond acceptors (Lipinski definition) is 4. The first-order valence-electron chi connectivity index (χ1n) is 6.19. The summed E-state index contributed by atoms with van der Waals surface area (Å²) in [7, 11) is 0. The summed E-state index contributed by atoms with van der Waals surface area (Å²) in [5.41, 5.74) is 6.18. The standard InChI is InChI=1S/C14H18ClN3O.2ClH/c1-13(2)11(17)14(3,4)12(13)19-8-5-9(15)10(6-16)18-7-8;;/h5,7,11-12H,17H2,1-4H3;2*1H. The molecule has 1 aromatic rings. The van der Waals surface area contributed by atoms with E-state index in [4.69, 9.17) is 27.3 Å². The molecule has 0 radical (unpaired) electrons. The van der Waals surface area contributed by atoms with Crippen molar-refractivity contribution in [1.82, 2.24) is 4.98 Å². The number of nitrogens with two attached hydrogens (primary N) is 1. The molecule has 0 saturated heterocycles. The number of rotatable bonds is 2. The van der Waals surface area contributed by atoms with Gasteiger partial charge < -0.3 is 10.5 Å². The highest BCUT2D eigenvalue weighted by atomic mass is 35.5. The minimum Gasteiger partial charge on any atom is -0.488 e. The predicted octanol–water partition coefficient (Wildman–Crippen LogP) is 3.59. The lowest BCUT2D eigenvalue weighted by atomic mass is 9.50. The second-order valence-corrected chi connectivity index (χ2v) is 6.64. The SMILES string of the molecule is CC1(C)C(N)C(C)(C)C1Oc1cnc(C#N)c(Cl)c1.Cl.Cl. The highest BCUT2D eigenvalue weighted by Crippen LogP contribution is 2.54. The van der Waals surface area contributed by atoms with E-state index >= 15 is 0 Å². The fourth-order valence-corrected chi connectivity index (χ4v) is 3.35. The summed E-state index contributed by atoms with van der Waals surface area (Å²) in [6.07, 6.45) is 1.52. The zero-order chi connectivity index (χ0) is 14.4. The molecule has 118 valence electrons. The molecule has 4 nitrogen and oxygen atoms in total. The van der Waals surface area contributed by atoms with Crippen LogP contribution in [0.3, 0.4) is 0 Å². The number of aromatic nitrogens is 1. The Hall–Kier alpha value is -0.730. The minimum atomic E-state index is -0.107. The fourth-order valence-electron chi connectivity index (χ4n) is 3.15. The molecule has 21 heavy (non-hydrogen) atoms. The first-order chi connectivity index (χ1) is 8.71. The molecule has 0 unspecified atom stereocenters. The van der Waals surface area contributed by atoms with Crippen LogP contribution in [0.2, 0.25) is 5.02 Å². The molecular weight excluding hydrogens is 333 g/mol. The summed E-state index contributed by atoms with van der Waals surface area (Å²) in [6.45, 7) is 8.36. The molecule has 1 aromatic heterocycles. The van der Waals surface area contributed by atoms with Gasteiger partial charge in [0.1, 0.15) is 17.9 Å². The van der Waals surface area contributed by atoms with Crippen molar-refractivity contribution in [3.05, 3.63) is 23.0 Å². The van der Waals surface area contributed by atoms with Crippen LogP contribution in [-0.2, 0) is 0 Å². The molecule has 1 aliphatic rings. The van der Waals surface area contributed by atoms with Crippen molar-refractivity contribution in [3.8, 4) is 11.8 Å². The van der Waals surface area contributed by atoms with Crippen LogP contribution in [0.15, 0.2) is 12.3 Å². The van der Waals surface area contributed by atoms with Gasteiger partial charge >= 0.3 is 0 Å². The van der Waals surface area contributed by atoms with Gasteiger partial charge in [-0.1, -0.05) is 39.3 Å². The van der Waals surface area contributed by atoms with Crippen LogP contribution >= 0.6 is 36.4 Å². The van der Waals surface area contributed by atoms with Crippen LogP contribution in [-0.4, -0.2) is 17.1 Å². The number of nitriles is 1. The van der Waals surface area contributed by atoms with Gasteiger partial charge in [-0.3, -0.25) is 0 Å². The van der Waals surface area contributed by atoms with Gasteiger partial charge in [-0.2, -0.15) is 5.26 Å².